The van der Waals surface area contributed by atoms with Gasteiger partial charge < -0.3 is 19.5 Å². The van der Waals surface area contributed by atoms with Gasteiger partial charge in [0.2, 0.25) is 0 Å². The van der Waals surface area contributed by atoms with Crippen LogP contribution in [-0.4, -0.2) is 58.3 Å². The van der Waals surface area contributed by atoms with Gasteiger partial charge in [0.1, 0.15) is 6.33 Å². The minimum Gasteiger partial charge on any atom is -0.466 e. The number of ether oxygens (including phenoxy) is 1. The molecule has 8 nitrogen and oxygen atoms in total. The Morgan fingerprint density at radius 3 is 2.96 bits per heavy atom. The molecule has 0 aromatic carbocycles. The second-order valence-electron chi connectivity index (χ2n) is 5.47. The van der Waals surface area contributed by atoms with Crippen LogP contribution >= 0.6 is 24.0 Å². The van der Waals surface area contributed by atoms with Crippen LogP contribution in [0.5, 0.6) is 0 Å². The smallest absolute Gasteiger partial charge is 0.310 e. The van der Waals surface area contributed by atoms with E-state index < -0.39 is 0 Å². The van der Waals surface area contributed by atoms with Crippen molar-refractivity contribution >= 4 is 35.9 Å². The maximum Gasteiger partial charge on any atom is 0.310 e. The van der Waals surface area contributed by atoms with Gasteiger partial charge in [-0.3, -0.25) is 9.79 Å². The number of carbonyl (C=O) groups is 1. The van der Waals surface area contributed by atoms with E-state index in [0.29, 0.717) is 19.7 Å². The van der Waals surface area contributed by atoms with Gasteiger partial charge in [-0.2, -0.15) is 0 Å². The molecule has 0 saturated carbocycles. The van der Waals surface area contributed by atoms with Gasteiger partial charge in [-0.25, -0.2) is 0 Å². The molecule has 9 heteroatoms. The van der Waals surface area contributed by atoms with Crippen LogP contribution in [0, 0.1) is 5.92 Å². The monoisotopic (exact) mass is 450 g/mol. The molecule has 24 heavy (non-hydrogen) atoms. The predicted molar refractivity (Wildman–Crippen MR) is 102 cm³/mol. The highest BCUT2D eigenvalue weighted by Crippen LogP contribution is 2.18. The van der Waals surface area contributed by atoms with Crippen LogP contribution in [-0.2, 0) is 22.6 Å². The van der Waals surface area contributed by atoms with Crippen molar-refractivity contribution in [1.82, 2.24) is 25.0 Å². The number of aliphatic imine (C=N–C) groups is 1. The fourth-order valence-electron chi connectivity index (χ4n) is 2.79. The zero-order valence-electron chi connectivity index (χ0n) is 14.6. The normalized spacial score (nSPS) is 18.0. The molecule has 0 radical (unpaired) electrons. The maximum absolute atomic E-state index is 12.0. The molecule has 1 aliphatic heterocycles. The van der Waals surface area contributed by atoms with Crippen molar-refractivity contribution in [3.63, 3.8) is 0 Å². The zero-order valence-corrected chi connectivity index (χ0v) is 16.9. The number of aromatic nitrogens is 3. The summed E-state index contributed by atoms with van der Waals surface area (Å²) in [6.07, 6.45) is 3.54. The number of esters is 1. The summed E-state index contributed by atoms with van der Waals surface area (Å²) >= 11 is 0. The lowest BCUT2D eigenvalue weighted by Crippen LogP contribution is -2.48. The molecule has 136 valence electrons. The number of halogens is 1. The minimum atomic E-state index is -0.113. The van der Waals surface area contributed by atoms with Gasteiger partial charge in [-0.1, -0.05) is 0 Å². The Bertz CT molecular complexity index is 548. The number of likely N-dealkylation sites (tertiary alicyclic amines) is 1. The third-order valence-corrected chi connectivity index (χ3v) is 3.99. The van der Waals surface area contributed by atoms with Crippen LogP contribution in [0.4, 0.5) is 0 Å². The molecule has 1 unspecified atom stereocenters. The first-order valence-corrected chi connectivity index (χ1v) is 8.18. The van der Waals surface area contributed by atoms with E-state index in [0.717, 1.165) is 37.7 Å². The van der Waals surface area contributed by atoms with Crippen molar-refractivity contribution in [3.05, 3.63) is 12.2 Å². The van der Waals surface area contributed by atoms with Crippen molar-refractivity contribution in [2.45, 2.75) is 39.8 Å². The van der Waals surface area contributed by atoms with E-state index in [2.05, 4.69) is 32.3 Å². The van der Waals surface area contributed by atoms with Gasteiger partial charge in [0.05, 0.1) is 19.1 Å². The summed E-state index contributed by atoms with van der Waals surface area (Å²) < 4.78 is 7.13. The highest BCUT2D eigenvalue weighted by Gasteiger charge is 2.28. The lowest BCUT2D eigenvalue weighted by molar-refractivity contribution is -0.149. The minimum absolute atomic E-state index is 0. The number of aryl methyl sites for hydroxylation is 1. The first-order valence-electron chi connectivity index (χ1n) is 8.18. The molecule has 1 aromatic heterocycles. The van der Waals surface area contributed by atoms with Gasteiger partial charge in [0.15, 0.2) is 11.8 Å². The van der Waals surface area contributed by atoms with Crippen LogP contribution in [0.2, 0.25) is 0 Å². The highest BCUT2D eigenvalue weighted by molar-refractivity contribution is 14.0. The van der Waals surface area contributed by atoms with Crippen molar-refractivity contribution in [3.8, 4) is 0 Å². The van der Waals surface area contributed by atoms with Crippen LogP contribution in [0.3, 0.4) is 0 Å². The second-order valence-corrected chi connectivity index (χ2v) is 5.47. The number of guanidine groups is 1. The quantitative estimate of drug-likeness (QED) is 0.315. The Morgan fingerprint density at radius 2 is 2.29 bits per heavy atom. The average Bonchev–Trinajstić information content (AvgIpc) is 3.03. The van der Waals surface area contributed by atoms with Gasteiger partial charge in [0, 0.05) is 26.7 Å². The summed E-state index contributed by atoms with van der Waals surface area (Å²) in [5.74, 6) is 1.46. The molecule has 2 heterocycles. The molecule has 0 spiro atoms. The fourth-order valence-corrected chi connectivity index (χ4v) is 2.79. The maximum atomic E-state index is 12.0. The van der Waals surface area contributed by atoms with E-state index in [1.54, 1.807) is 13.4 Å². The summed E-state index contributed by atoms with van der Waals surface area (Å²) in [5.41, 5.74) is 0. The third kappa shape index (κ3) is 5.32. The molecule has 1 saturated heterocycles. The lowest BCUT2D eigenvalue weighted by atomic mass is 9.98. The average molecular weight is 450 g/mol. The predicted octanol–water partition coefficient (Wildman–Crippen LogP) is 1.27. The van der Waals surface area contributed by atoms with Crippen LogP contribution in [0.15, 0.2) is 11.3 Å². The Kier molecular flexibility index (Phi) is 9.01. The second kappa shape index (κ2) is 10.5. The summed E-state index contributed by atoms with van der Waals surface area (Å²) in [5, 5.41) is 11.3. The number of hydrogen-bond donors (Lipinski definition) is 1. The molecule has 1 N–H and O–H groups in total. The lowest BCUT2D eigenvalue weighted by Gasteiger charge is -2.33. The molecule has 0 aliphatic carbocycles. The van der Waals surface area contributed by atoms with Gasteiger partial charge in [-0.05, 0) is 26.7 Å². The van der Waals surface area contributed by atoms with Crippen molar-refractivity contribution in [2.24, 2.45) is 10.9 Å². The van der Waals surface area contributed by atoms with Crippen LogP contribution in [0.25, 0.3) is 0 Å². The first-order chi connectivity index (χ1) is 11.2. The van der Waals surface area contributed by atoms with Crippen molar-refractivity contribution in [2.75, 3.05) is 26.7 Å². The van der Waals surface area contributed by atoms with E-state index >= 15 is 0 Å². The molecule has 1 atom stereocenters. The molecular formula is C15H27IN6O2. The Labute approximate surface area is 160 Å². The number of nitrogens with zero attached hydrogens (tertiary/aromatic N) is 5. The third-order valence-electron chi connectivity index (χ3n) is 3.99. The van der Waals surface area contributed by atoms with Crippen molar-refractivity contribution < 1.29 is 9.53 Å². The molecule has 1 fully saturated rings. The zero-order chi connectivity index (χ0) is 16.7. The van der Waals surface area contributed by atoms with Crippen LogP contribution in [0.1, 0.15) is 32.5 Å². The van der Waals surface area contributed by atoms with E-state index in [1.807, 2.05) is 11.5 Å². The molecule has 1 aromatic rings. The largest absolute Gasteiger partial charge is 0.466 e. The number of carbonyl (C=O) groups excluding carboxylic acids is 1. The Balaban J connectivity index is 0.00000288. The van der Waals surface area contributed by atoms with E-state index in [9.17, 15) is 4.79 Å². The molecule has 0 bridgehead atoms. The summed E-state index contributed by atoms with van der Waals surface area (Å²) in [6, 6.07) is 0. The number of nitrogens with one attached hydrogen (secondary N) is 1. The van der Waals surface area contributed by atoms with Gasteiger partial charge >= 0.3 is 5.97 Å². The number of hydrogen-bond acceptors (Lipinski definition) is 5. The first kappa shape index (κ1) is 20.7. The van der Waals surface area contributed by atoms with Crippen molar-refractivity contribution in [1.29, 1.82) is 0 Å². The number of rotatable bonds is 5. The summed E-state index contributed by atoms with van der Waals surface area (Å²) in [6.45, 7) is 7.22. The molecular weight excluding hydrogens is 423 g/mol. The van der Waals surface area contributed by atoms with E-state index in [4.69, 9.17) is 4.74 Å². The molecule has 0 amide bonds. The summed E-state index contributed by atoms with van der Waals surface area (Å²) in [4.78, 5) is 18.4. The molecule has 1 aliphatic rings. The van der Waals surface area contributed by atoms with E-state index in [-0.39, 0.29) is 35.9 Å². The summed E-state index contributed by atoms with van der Waals surface area (Å²) in [7, 11) is 1.75. The van der Waals surface area contributed by atoms with Gasteiger partial charge in [0.25, 0.3) is 0 Å². The number of piperidine rings is 1. The standard InChI is InChI=1S/C15H26N6O2.HI/c1-4-20-11-18-19-13(20)9-17-15(16-3)21-8-6-7-12(10-21)14(22)23-5-2;/h11-12H,4-10H2,1-3H3,(H,16,17);1H. The fraction of sp³-hybridized carbons (Fsp3) is 0.733. The van der Waals surface area contributed by atoms with E-state index in [1.165, 1.54) is 0 Å². The topological polar surface area (TPSA) is 84.6 Å². The van der Waals surface area contributed by atoms with Gasteiger partial charge in [-0.15, -0.1) is 34.2 Å². The SMILES string of the molecule is CCOC(=O)C1CCCN(C(=NC)NCc2nncn2CC)C1.I. The molecule has 2 rings (SSSR count). The van der Waals surface area contributed by atoms with Crippen LogP contribution < -0.4 is 5.32 Å². The highest BCUT2D eigenvalue weighted by atomic mass is 127. The Morgan fingerprint density at radius 1 is 1.50 bits per heavy atom. The Hall–Kier alpha value is -1.39.